The Morgan fingerprint density at radius 3 is 1.73 bits per heavy atom. The lowest BCUT2D eigenvalue weighted by Crippen LogP contribution is -2.63. The van der Waals surface area contributed by atoms with Crippen molar-refractivity contribution in [2.45, 2.75) is 82.7 Å². The molecule has 0 saturated heterocycles. The van der Waals surface area contributed by atoms with E-state index in [0.717, 1.165) is 19.8 Å². The van der Waals surface area contributed by atoms with Gasteiger partial charge >= 0.3 is 29.8 Å². The minimum atomic E-state index is -6.73. The van der Waals surface area contributed by atoms with Gasteiger partial charge in [0.1, 0.15) is 0 Å². The fourth-order valence-corrected chi connectivity index (χ4v) is 2.05. The van der Waals surface area contributed by atoms with Gasteiger partial charge in [0.05, 0.1) is 0 Å². The van der Waals surface area contributed by atoms with Crippen molar-refractivity contribution >= 4 is 5.97 Å². The lowest BCUT2D eigenvalue weighted by molar-refractivity contribution is -0.408. The van der Waals surface area contributed by atoms with E-state index in [1.54, 1.807) is 0 Å². The SMILES string of the molecule is C=C(C)C(=O)OC(F)(CCCCCCCC)C(F)(F)C(F)(F)C(F)(F)F. The third-order valence-electron chi connectivity index (χ3n) is 3.67. The standard InChI is InChI=1S/C16H22F8O2/c1-4-5-6-7-8-9-10-13(17,26-12(25)11(2)3)14(18,19)15(20,21)16(22,23)24/h2,4-10H2,1,3H3. The van der Waals surface area contributed by atoms with Crippen LogP contribution >= 0.6 is 0 Å². The van der Waals surface area contributed by atoms with E-state index in [0.29, 0.717) is 12.8 Å². The van der Waals surface area contributed by atoms with Gasteiger partial charge in [0.15, 0.2) is 0 Å². The number of carbonyl (C=O) groups excluding carboxylic acids is 1. The van der Waals surface area contributed by atoms with Crippen LogP contribution < -0.4 is 0 Å². The van der Waals surface area contributed by atoms with Crippen molar-refractivity contribution in [1.29, 1.82) is 0 Å². The summed E-state index contributed by atoms with van der Waals surface area (Å²) in [5, 5.41) is 0. The first-order valence-electron chi connectivity index (χ1n) is 8.04. The van der Waals surface area contributed by atoms with Crippen LogP contribution in [0, 0.1) is 0 Å². The fraction of sp³-hybridized carbons (Fsp3) is 0.812. The highest BCUT2D eigenvalue weighted by Gasteiger charge is 2.82. The van der Waals surface area contributed by atoms with E-state index in [2.05, 4.69) is 11.3 Å². The second-order valence-corrected chi connectivity index (χ2v) is 6.06. The summed E-state index contributed by atoms with van der Waals surface area (Å²) in [6.07, 6.45) is -5.85. The average molecular weight is 398 g/mol. The van der Waals surface area contributed by atoms with Gasteiger partial charge in [-0.05, 0) is 13.3 Å². The van der Waals surface area contributed by atoms with E-state index >= 15 is 0 Å². The summed E-state index contributed by atoms with van der Waals surface area (Å²) >= 11 is 0. The van der Waals surface area contributed by atoms with Crippen LogP contribution in [-0.2, 0) is 9.53 Å². The van der Waals surface area contributed by atoms with Crippen LogP contribution in [0.2, 0.25) is 0 Å². The average Bonchev–Trinajstić information content (AvgIpc) is 2.49. The summed E-state index contributed by atoms with van der Waals surface area (Å²) in [6, 6.07) is 0. The molecule has 0 aromatic rings. The fourth-order valence-electron chi connectivity index (χ4n) is 2.05. The zero-order chi connectivity index (χ0) is 20.8. The minimum absolute atomic E-state index is 0.101. The predicted molar refractivity (Wildman–Crippen MR) is 78.7 cm³/mol. The summed E-state index contributed by atoms with van der Waals surface area (Å²) in [6.45, 7) is 5.77. The molecule has 0 radical (unpaired) electrons. The van der Waals surface area contributed by atoms with Gasteiger partial charge in [-0.3, -0.25) is 0 Å². The summed E-state index contributed by atoms with van der Waals surface area (Å²) in [7, 11) is 0. The Hall–Kier alpha value is -1.35. The van der Waals surface area contributed by atoms with Gasteiger partial charge in [-0.25, -0.2) is 4.79 Å². The maximum atomic E-state index is 14.6. The molecule has 2 nitrogen and oxygen atoms in total. The Morgan fingerprint density at radius 2 is 1.31 bits per heavy atom. The van der Waals surface area contributed by atoms with E-state index in [4.69, 9.17) is 0 Å². The van der Waals surface area contributed by atoms with Crippen LogP contribution in [0.15, 0.2) is 12.2 Å². The topological polar surface area (TPSA) is 26.3 Å². The van der Waals surface area contributed by atoms with Gasteiger partial charge < -0.3 is 4.74 Å². The van der Waals surface area contributed by atoms with E-state index in [-0.39, 0.29) is 6.42 Å². The van der Waals surface area contributed by atoms with Crippen molar-refractivity contribution in [3.8, 4) is 0 Å². The molecule has 0 aliphatic carbocycles. The number of hydrogen-bond acceptors (Lipinski definition) is 2. The molecule has 1 unspecified atom stereocenters. The molecule has 26 heavy (non-hydrogen) atoms. The molecule has 10 heteroatoms. The molecule has 0 heterocycles. The molecule has 0 rings (SSSR count). The van der Waals surface area contributed by atoms with Crippen LogP contribution in [0.1, 0.15) is 58.8 Å². The van der Waals surface area contributed by atoms with E-state index < -0.39 is 48.3 Å². The molecular formula is C16H22F8O2. The number of carbonyl (C=O) groups is 1. The molecule has 0 spiro atoms. The zero-order valence-electron chi connectivity index (χ0n) is 14.5. The first-order valence-corrected chi connectivity index (χ1v) is 8.04. The number of esters is 1. The summed E-state index contributed by atoms with van der Waals surface area (Å²) in [5.74, 6) is -19.7. The molecule has 0 amide bonds. The lowest BCUT2D eigenvalue weighted by Gasteiger charge is -2.37. The number of unbranched alkanes of at least 4 members (excludes halogenated alkanes) is 5. The molecular weight excluding hydrogens is 376 g/mol. The smallest absolute Gasteiger partial charge is 0.418 e. The Labute approximate surface area is 146 Å². The highest BCUT2D eigenvalue weighted by molar-refractivity contribution is 5.87. The molecule has 1 atom stereocenters. The van der Waals surface area contributed by atoms with Crippen LogP contribution in [0.25, 0.3) is 0 Å². The van der Waals surface area contributed by atoms with E-state index in [9.17, 15) is 39.9 Å². The second kappa shape index (κ2) is 9.03. The molecule has 0 aromatic carbocycles. The van der Waals surface area contributed by atoms with Gasteiger partial charge in [-0.2, -0.15) is 35.1 Å². The van der Waals surface area contributed by atoms with E-state index in [1.807, 2.05) is 6.92 Å². The first-order chi connectivity index (χ1) is 11.6. The Bertz CT molecular complexity index is 487. The number of rotatable bonds is 11. The van der Waals surface area contributed by atoms with Crippen molar-refractivity contribution in [2.24, 2.45) is 0 Å². The van der Waals surface area contributed by atoms with Gasteiger partial charge in [0, 0.05) is 12.0 Å². The largest absolute Gasteiger partial charge is 0.460 e. The van der Waals surface area contributed by atoms with Crippen molar-refractivity contribution in [2.75, 3.05) is 0 Å². The third-order valence-corrected chi connectivity index (χ3v) is 3.67. The number of hydrogen-bond donors (Lipinski definition) is 0. The van der Waals surface area contributed by atoms with Gasteiger partial charge in [-0.15, -0.1) is 0 Å². The maximum absolute atomic E-state index is 14.6. The van der Waals surface area contributed by atoms with Crippen LogP contribution in [0.4, 0.5) is 35.1 Å². The first kappa shape index (κ1) is 24.7. The second-order valence-electron chi connectivity index (χ2n) is 6.06. The van der Waals surface area contributed by atoms with Crippen molar-refractivity contribution < 1.29 is 44.7 Å². The van der Waals surface area contributed by atoms with Crippen LogP contribution in [0.5, 0.6) is 0 Å². The van der Waals surface area contributed by atoms with Crippen LogP contribution in [0.3, 0.4) is 0 Å². The number of ether oxygens (including phenoxy) is 1. The molecule has 0 bridgehead atoms. The molecule has 0 saturated carbocycles. The molecule has 0 aliphatic heterocycles. The lowest BCUT2D eigenvalue weighted by atomic mass is 9.96. The van der Waals surface area contributed by atoms with Crippen molar-refractivity contribution in [3.63, 3.8) is 0 Å². The monoisotopic (exact) mass is 398 g/mol. The molecule has 0 aromatic heterocycles. The van der Waals surface area contributed by atoms with Crippen LogP contribution in [-0.4, -0.2) is 29.8 Å². The highest BCUT2D eigenvalue weighted by Crippen LogP contribution is 2.54. The molecule has 0 aliphatic rings. The zero-order valence-corrected chi connectivity index (χ0v) is 14.5. The molecule has 0 fully saturated rings. The van der Waals surface area contributed by atoms with Crippen molar-refractivity contribution in [3.05, 3.63) is 12.2 Å². The summed E-state index contributed by atoms with van der Waals surface area (Å²) in [5.41, 5.74) is -0.624. The van der Waals surface area contributed by atoms with Gasteiger partial charge in [0.2, 0.25) is 0 Å². The number of halogens is 8. The van der Waals surface area contributed by atoms with Crippen molar-refractivity contribution in [1.82, 2.24) is 0 Å². The summed E-state index contributed by atoms with van der Waals surface area (Å²) in [4.78, 5) is 11.3. The summed E-state index contributed by atoms with van der Waals surface area (Å²) < 4.78 is 109. The molecule has 0 N–H and O–H groups in total. The Morgan fingerprint density at radius 1 is 0.846 bits per heavy atom. The maximum Gasteiger partial charge on any atom is 0.460 e. The predicted octanol–water partition coefficient (Wildman–Crippen LogP) is 6.36. The minimum Gasteiger partial charge on any atom is -0.418 e. The third kappa shape index (κ3) is 5.57. The Kier molecular flexibility index (Phi) is 8.56. The number of alkyl halides is 8. The Balaban J connectivity index is 5.49. The van der Waals surface area contributed by atoms with Gasteiger partial charge in [-0.1, -0.05) is 45.6 Å². The van der Waals surface area contributed by atoms with Gasteiger partial charge in [0.25, 0.3) is 0 Å². The quantitative estimate of drug-likeness (QED) is 0.175. The van der Waals surface area contributed by atoms with E-state index in [1.165, 1.54) is 0 Å². The normalized spacial score (nSPS) is 15.5. The molecule has 154 valence electrons. The highest BCUT2D eigenvalue weighted by atomic mass is 19.4.